The summed E-state index contributed by atoms with van der Waals surface area (Å²) in [6, 6.07) is 12.8. The van der Waals surface area contributed by atoms with Crippen molar-refractivity contribution in [3.8, 4) is 11.3 Å². The number of piperidine rings is 1. The molecule has 4 aromatic rings. The third-order valence-corrected chi connectivity index (χ3v) is 6.13. The minimum atomic E-state index is -0.852. The van der Waals surface area contributed by atoms with E-state index in [2.05, 4.69) is 4.98 Å². The van der Waals surface area contributed by atoms with Crippen LogP contribution in [0.25, 0.3) is 33.1 Å². The van der Waals surface area contributed by atoms with Crippen molar-refractivity contribution in [1.29, 1.82) is 0 Å². The third-order valence-electron chi connectivity index (χ3n) is 6.13. The highest BCUT2D eigenvalue weighted by molar-refractivity contribution is 5.97. The predicted octanol–water partition coefficient (Wildman–Crippen LogP) is 3.14. The second-order valence-electron chi connectivity index (χ2n) is 8.82. The Morgan fingerprint density at radius 1 is 1.12 bits per heavy atom. The van der Waals surface area contributed by atoms with Gasteiger partial charge in [-0.2, -0.15) is 0 Å². The molecule has 1 fully saturated rings. The Kier molecular flexibility index (Phi) is 4.78. The largest absolute Gasteiger partial charge is 0.388 e. The molecule has 1 N–H and O–H groups in total. The maximum absolute atomic E-state index is 13.0. The fourth-order valence-corrected chi connectivity index (χ4v) is 4.36. The maximum atomic E-state index is 13.0. The lowest BCUT2D eigenvalue weighted by Gasteiger charge is -2.36. The molecule has 1 amide bonds. The molecule has 0 bridgehead atoms. The van der Waals surface area contributed by atoms with E-state index in [9.17, 15) is 14.7 Å². The van der Waals surface area contributed by atoms with E-state index in [0.29, 0.717) is 47.2 Å². The van der Waals surface area contributed by atoms with Crippen LogP contribution in [0.15, 0.2) is 59.7 Å². The van der Waals surface area contributed by atoms with Gasteiger partial charge in [0.1, 0.15) is 0 Å². The summed E-state index contributed by atoms with van der Waals surface area (Å²) in [5.41, 5.74) is 2.48. The number of amides is 1. The molecule has 2 aromatic heterocycles. The van der Waals surface area contributed by atoms with Crippen LogP contribution in [0.5, 0.6) is 0 Å². The minimum Gasteiger partial charge on any atom is -0.388 e. The van der Waals surface area contributed by atoms with E-state index >= 15 is 0 Å². The first-order valence-electron chi connectivity index (χ1n) is 10.7. The summed E-state index contributed by atoms with van der Waals surface area (Å²) >= 11 is 0. The van der Waals surface area contributed by atoms with Crippen molar-refractivity contribution in [2.45, 2.75) is 25.4 Å². The zero-order chi connectivity index (χ0) is 22.5. The van der Waals surface area contributed by atoms with Crippen molar-refractivity contribution in [2.24, 2.45) is 7.05 Å². The molecule has 1 aliphatic heterocycles. The maximum Gasteiger partial charge on any atom is 0.258 e. The number of benzene rings is 2. The molecule has 5 rings (SSSR count). The van der Waals surface area contributed by atoms with Crippen molar-refractivity contribution in [3.05, 3.63) is 70.8 Å². The van der Waals surface area contributed by atoms with Crippen LogP contribution in [-0.4, -0.2) is 49.1 Å². The number of likely N-dealkylation sites (tertiary alicyclic amines) is 1. The van der Waals surface area contributed by atoms with Crippen LogP contribution in [0.2, 0.25) is 0 Å². The number of carbonyl (C=O) groups is 1. The van der Waals surface area contributed by atoms with Crippen LogP contribution in [-0.2, 0) is 7.05 Å². The van der Waals surface area contributed by atoms with Gasteiger partial charge >= 0.3 is 0 Å². The number of fused-ring (bicyclic) bond motifs is 2. The number of carbonyl (C=O) groups excluding carboxylic acids is 1. The monoisotopic (exact) mass is 428 g/mol. The quantitative estimate of drug-likeness (QED) is 0.530. The normalized spacial score (nSPS) is 18.9. The molecule has 7 heteroatoms. The van der Waals surface area contributed by atoms with E-state index in [0.717, 1.165) is 17.4 Å². The first-order chi connectivity index (χ1) is 15.3. The second kappa shape index (κ2) is 7.53. The molecule has 3 heterocycles. The Morgan fingerprint density at radius 2 is 1.97 bits per heavy atom. The van der Waals surface area contributed by atoms with Crippen molar-refractivity contribution >= 4 is 27.7 Å². The molecule has 32 heavy (non-hydrogen) atoms. The molecule has 1 atom stereocenters. The van der Waals surface area contributed by atoms with E-state index in [-0.39, 0.29) is 11.5 Å². The molecule has 7 nitrogen and oxygen atoms in total. The molecule has 0 radical (unpaired) electrons. The van der Waals surface area contributed by atoms with Crippen molar-refractivity contribution in [3.63, 3.8) is 0 Å². The highest BCUT2D eigenvalue weighted by Gasteiger charge is 2.31. The van der Waals surface area contributed by atoms with Crippen LogP contribution in [0.4, 0.5) is 0 Å². The predicted molar refractivity (Wildman–Crippen MR) is 123 cm³/mol. The van der Waals surface area contributed by atoms with E-state index in [1.165, 1.54) is 0 Å². The lowest BCUT2D eigenvalue weighted by molar-refractivity contribution is -0.0107. The highest BCUT2D eigenvalue weighted by atomic mass is 16.3. The number of aliphatic hydroxyl groups is 1. The van der Waals surface area contributed by atoms with Gasteiger partial charge in [-0.25, -0.2) is 4.98 Å². The number of aromatic nitrogens is 3. The molecule has 2 aromatic carbocycles. The van der Waals surface area contributed by atoms with Gasteiger partial charge < -0.3 is 14.6 Å². The van der Waals surface area contributed by atoms with Gasteiger partial charge in [-0.1, -0.05) is 6.07 Å². The number of rotatable bonds is 2. The van der Waals surface area contributed by atoms with Gasteiger partial charge in [-0.05, 0) is 61.5 Å². The van der Waals surface area contributed by atoms with E-state index < -0.39 is 5.60 Å². The molecule has 0 saturated carbocycles. The lowest BCUT2D eigenvalue weighted by atomic mass is 9.94. The summed E-state index contributed by atoms with van der Waals surface area (Å²) in [5.74, 6) is -0.111. The summed E-state index contributed by atoms with van der Waals surface area (Å²) in [6.45, 7) is 2.73. The average molecular weight is 428 g/mol. The molecule has 0 aliphatic carbocycles. The molecule has 162 valence electrons. The van der Waals surface area contributed by atoms with E-state index in [4.69, 9.17) is 4.98 Å². The summed E-state index contributed by atoms with van der Waals surface area (Å²) in [5, 5.41) is 11.8. The van der Waals surface area contributed by atoms with Crippen molar-refractivity contribution in [1.82, 2.24) is 19.4 Å². The first-order valence-corrected chi connectivity index (χ1v) is 10.7. The molecular formula is C25H24N4O3. The SMILES string of the molecule is Cn1ccc2cc(-c3cnc4ccc(C(=O)N5CCCC(C)(O)C5)cc4n3)ccc2c1=O. The van der Waals surface area contributed by atoms with Crippen LogP contribution in [0.3, 0.4) is 0 Å². The lowest BCUT2D eigenvalue weighted by Crippen LogP contribution is -2.48. The fraction of sp³-hybridized carbons (Fsp3) is 0.280. The number of aryl methyl sites for hydroxylation is 1. The average Bonchev–Trinajstić information content (AvgIpc) is 2.79. The number of nitrogens with zero attached hydrogens (tertiary/aromatic N) is 4. The zero-order valence-corrected chi connectivity index (χ0v) is 18.1. The molecule has 1 unspecified atom stereocenters. The highest BCUT2D eigenvalue weighted by Crippen LogP contribution is 2.25. The van der Waals surface area contributed by atoms with Crippen LogP contribution in [0, 0.1) is 0 Å². The van der Waals surface area contributed by atoms with Crippen molar-refractivity contribution < 1.29 is 9.90 Å². The Hall–Kier alpha value is -3.58. The fourth-order valence-electron chi connectivity index (χ4n) is 4.36. The van der Waals surface area contributed by atoms with Gasteiger partial charge in [-0.15, -0.1) is 0 Å². The van der Waals surface area contributed by atoms with Gasteiger partial charge in [0.05, 0.1) is 28.5 Å². The van der Waals surface area contributed by atoms with Gasteiger partial charge in [0.25, 0.3) is 11.5 Å². The van der Waals surface area contributed by atoms with E-state index in [1.807, 2.05) is 18.2 Å². The van der Waals surface area contributed by atoms with E-state index in [1.54, 1.807) is 60.1 Å². The van der Waals surface area contributed by atoms with Crippen molar-refractivity contribution in [2.75, 3.05) is 13.1 Å². The summed E-state index contributed by atoms with van der Waals surface area (Å²) in [7, 11) is 1.73. The smallest absolute Gasteiger partial charge is 0.258 e. The minimum absolute atomic E-state index is 0.0431. The van der Waals surface area contributed by atoms with Gasteiger partial charge in [0.2, 0.25) is 0 Å². The molecule has 0 spiro atoms. The topological polar surface area (TPSA) is 88.3 Å². The Labute approximate surface area is 185 Å². The number of hydrogen-bond acceptors (Lipinski definition) is 5. The zero-order valence-electron chi connectivity index (χ0n) is 18.1. The second-order valence-corrected chi connectivity index (χ2v) is 8.82. The number of pyridine rings is 1. The standard InChI is InChI=1S/C25H24N4O3/c1-25(32)9-3-10-29(15-25)23(30)18-5-7-20-21(13-18)27-22(14-26-20)17-4-6-19-16(12-17)8-11-28(2)24(19)31/h4-8,11-14,32H,3,9-10,15H2,1-2H3. The summed E-state index contributed by atoms with van der Waals surface area (Å²) in [4.78, 5) is 36.3. The van der Waals surface area contributed by atoms with Gasteiger partial charge in [0.15, 0.2) is 0 Å². The summed E-state index contributed by atoms with van der Waals surface area (Å²) in [6.07, 6.45) is 4.92. The third kappa shape index (κ3) is 3.65. The number of hydrogen-bond donors (Lipinski definition) is 1. The van der Waals surface area contributed by atoms with Gasteiger partial charge in [0, 0.05) is 42.8 Å². The van der Waals surface area contributed by atoms with Gasteiger partial charge in [-0.3, -0.25) is 14.6 Å². The van der Waals surface area contributed by atoms with Crippen LogP contribution in [0.1, 0.15) is 30.1 Å². The van der Waals surface area contributed by atoms with Crippen LogP contribution < -0.4 is 5.56 Å². The molecular weight excluding hydrogens is 404 g/mol. The Balaban J connectivity index is 1.51. The Bertz CT molecular complexity index is 1420. The first kappa shape index (κ1) is 20.3. The van der Waals surface area contributed by atoms with Crippen LogP contribution >= 0.6 is 0 Å². The Morgan fingerprint density at radius 3 is 2.78 bits per heavy atom. The number of β-amino-alcohol motifs (C(OH)–C–C–N with tert-alkyl or cyclic N) is 1. The molecule has 1 aliphatic rings. The molecule has 1 saturated heterocycles. The summed E-state index contributed by atoms with van der Waals surface area (Å²) < 4.78 is 1.55.